The normalized spacial score (nSPS) is 35.2. The monoisotopic (exact) mass is 440 g/mol. The maximum absolute atomic E-state index is 13.7. The molecule has 8 rings (SSSR count). The Bertz CT molecular complexity index is 1160. The Balaban J connectivity index is 1.14. The smallest absolute Gasteiger partial charge is 0.223 e. The van der Waals surface area contributed by atoms with E-state index in [0.717, 1.165) is 42.3 Å². The van der Waals surface area contributed by atoms with Crippen molar-refractivity contribution < 1.29 is 4.79 Å². The summed E-state index contributed by atoms with van der Waals surface area (Å²) >= 11 is 0. The van der Waals surface area contributed by atoms with Crippen LogP contribution in [0.5, 0.6) is 0 Å². The van der Waals surface area contributed by atoms with Crippen molar-refractivity contribution >= 4 is 11.6 Å². The molecule has 170 valence electrons. The molecule has 0 N–H and O–H groups in total. The Labute approximate surface area is 195 Å². The van der Waals surface area contributed by atoms with E-state index in [9.17, 15) is 4.79 Å². The minimum Gasteiger partial charge on any atom is -0.341 e. The Hall–Kier alpha value is -2.69. The van der Waals surface area contributed by atoms with Crippen LogP contribution in [0, 0.1) is 29.6 Å². The Morgan fingerprint density at radius 1 is 0.939 bits per heavy atom. The molecular formula is C28H32N4O. The van der Waals surface area contributed by atoms with Crippen LogP contribution in [0.4, 0.5) is 0 Å². The molecule has 5 heteroatoms. The van der Waals surface area contributed by atoms with Crippen molar-refractivity contribution in [3.05, 3.63) is 66.1 Å². The van der Waals surface area contributed by atoms with Crippen LogP contribution < -0.4 is 0 Å². The van der Waals surface area contributed by atoms with Gasteiger partial charge in [0.25, 0.3) is 0 Å². The minimum absolute atomic E-state index is 0.0259. The first-order chi connectivity index (χ1) is 16.1. The summed E-state index contributed by atoms with van der Waals surface area (Å²) in [6.07, 6.45) is 7.94. The second-order valence-electron chi connectivity index (χ2n) is 11.3. The lowest BCUT2D eigenvalue weighted by molar-refractivity contribution is -0.146. The summed E-state index contributed by atoms with van der Waals surface area (Å²) in [6.45, 7) is 4.00. The predicted molar refractivity (Wildman–Crippen MR) is 127 cm³/mol. The molecule has 1 amide bonds. The highest BCUT2D eigenvalue weighted by atomic mass is 16.2. The maximum atomic E-state index is 13.7. The highest BCUT2D eigenvalue weighted by Gasteiger charge is 2.60. The van der Waals surface area contributed by atoms with E-state index in [-0.39, 0.29) is 11.3 Å². The van der Waals surface area contributed by atoms with Crippen molar-refractivity contribution in [2.45, 2.75) is 50.4 Å². The van der Waals surface area contributed by atoms with Gasteiger partial charge in [-0.15, -0.1) is 10.2 Å². The number of pyridine rings is 1. The van der Waals surface area contributed by atoms with E-state index in [1.165, 1.54) is 31.2 Å². The lowest BCUT2D eigenvalue weighted by atomic mass is 9.41. The van der Waals surface area contributed by atoms with E-state index in [1.54, 1.807) is 0 Å². The molecule has 0 spiro atoms. The van der Waals surface area contributed by atoms with E-state index in [2.05, 4.69) is 56.8 Å². The first kappa shape index (κ1) is 19.7. The fourth-order valence-corrected chi connectivity index (χ4v) is 8.22. The number of benzene rings is 1. The largest absolute Gasteiger partial charge is 0.341 e. The van der Waals surface area contributed by atoms with Gasteiger partial charge in [-0.1, -0.05) is 43.3 Å². The number of nitrogens with zero attached hydrogens (tertiary/aromatic N) is 4. The van der Waals surface area contributed by atoms with Gasteiger partial charge in [-0.05, 0) is 73.0 Å². The third kappa shape index (κ3) is 2.80. The van der Waals surface area contributed by atoms with E-state index >= 15 is 0 Å². The van der Waals surface area contributed by atoms with Crippen LogP contribution in [0.25, 0.3) is 5.65 Å². The molecule has 3 aromatic rings. The Morgan fingerprint density at radius 2 is 1.61 bits per heavy atom. The topological polar surface area (TPSA) is 50.5 Å². The number of hydrogen-bond donors (Lipinski definition) is 0. The molecule has 5 fully saturated rings. The summed E-state index contributed by atoms with van der Waals surface area (Å²) < 4.78 is 2.07. The summed E-state index contributed by atoms with van der Waals surface area (Å²) in [7, 11) is 0. The molecule has 4 bridgehead atoms. The molecule has 5 nitrogen and oxygen atoms in total. The SMILES string of the molecule is CC1C2CC3CC1CC(C2)C3(CC(=O)N1CC(c2nnc3ccccn23)C1)c1ccccc1. The zero-order chi connectivity index (χ0) is 22.2. The highest BCUT2D eigenvalue weighted by molar-refractivity contribution is 5.79. The summed E-state index contributed by atoms with van der Waals surface area (Å²) in [5, 5.41) is 8.73. The molecule has 0 unspecified atom stereocenters. The van der Waals surface area contributed by atoms with Gasteiger partial charge >= 0.3 is 0 Å². The minimum atomic E-state index is 0.0259. The molecule has 1 aromatic carbocycles. The molecular weight excluding hydrogens is 408 g/mol. The highest BCUT2D eigenvalue weighted by Crippen LogP contribution is 2.65. The summed E-state index contributed by atoms with van der Waals surface area (Å²) in [5.74, 6) is 5.51. The molecule has 4 saturated carbocycles. The van der Waals surface area contributed by atoms with Crippen LogP contribution in [-0.4, -0.2) is 38.5 Å². The molecule has 0 radical (unpaired) electrons. The van der Waals surface area contributed by atoms with Crippen molar-refractivity contribution in [2.75, 3.05) is 13.1 Å². The van der Waals surface area contributed by atoms with Gasteiger partial charge in [0.05, 0.1) is 5.92 Å². The second-order valence-corrected chi connectivity index (χ2v) is 11.3. The van der Waals surface area contributed by atoms with E-state index in [1.807, 2.05) is 24.4 Å². The predicted octanol–water partition coefficient (Wildman–Crippen LogP) is 4.69. The number of aromatic nitrogens is 3. The van der Waals surface area contributed by atoms with E-state index in [4.69, 9.17) is 0 Å². The summed E-state index contributed by atoms with van der Waals surface area (Å²) in [6, 6.07) is 17.0. The molecule has 3 heterocycles. The first-order valence-corrected chi connectivity index (χ1v) is 12.8. The van der Waals surface area contributed by atoms with Crippen LogP contribution in [0.2, 0.25) is 0 Å². The van der Waals surface area contributed by atoms with Gasteiger partial charge in [0.1, 0.15) is 5.82 Å². The molecule has 1 saturated heterocycles. The number of fused-ring (bicyclic) bond motifs is 1. The van der Waals surface area contributed by atoms with E-state index < -0.39 is 0 Å². The Morgan fingerprint density at radius 3 is 2.30 bits per heavy atom. The fraction of sp³-hybridized carbons (Fsp3) is 0.536. The van der Waals surface area contributed by atoms with Gasteiger partial charge in [0.2, 0.25) is 5.91 Å². The van der Waals surface area contributed by atoms with Crippen LogP contribution in [0.15, 0.2) is 54.7 Å². The molecule has 1 aliphatic heterocycles. The first-order valence-electron chi connectivity index (χ1n) is 12.8. The standard InChI is InChI=1S/C28H32N4O/c1-18-19-11-23-13-20(18)14-24(12-19)28(23,22-7-3-2-4-8-22)15-26(33)31-16-21(17-31)27-30-29-25-9-5-6-10-32(25)27/h2-10,18-21,23-24H,11-17H2,1H3. The zero-order valence-electron chi connectivity index (χ0n) is 19.3. The van der Waals surface area contributed by atoms with Crippen LogP contribution >= 0.6 is 0 Å². The average Bonchev–Trinajstić information content (AvgIpc) is 3.21. The van der Waals surface area contributed by atoms with Crippen molar-refractivity contribution in [1.82, 2.24) is 19.5 Å². The van der Waals surface area contributed by atoms with Crippen molar-refractivity contribution in [1.29, 1.82) is 0 Å². The molecule has 5 aliphatic rings. The van der Waals surface area contributed by atoms with Crippen LogP contribution in [-0.2, 0) is 10.2 Å². The summed E-state index contributed by atoms with van der Waals surface area (Å²) in [4.78, 5) is 15.8. The van der Waals surface area contributed by atoms with Gasteiger partial charge in [-0.25, -0.2) is 0 Å². The maximum Gasteiger partial charge on any atom is 0.223 e. The number of likely N-dealkylation sites (tertiary alicyclic amines) is 1. The number of hydrogen-bond acceptors (Lipinski definition) is 3. The van der Waals surface area contributed by atoms with Crippen LogP contribution in [0.1, 0.15) is 56.3 Å². The van der Waals surface area contributed by atoms with Gasteiger partial charge < -0.3 is 4.90 Å². The number of carbonyl (C=O) groups is 1. The second kappa shape index (κ2) is 7.15. The van der Waals surface area contributed by atoms with Gasteiger partial charge in [-0.2, -0.15) is 0 Å². The van der Waals surface area contributed by atoms with Crippen molar-refractivity contribution in [2.24, 2.45) is 29.6 Å². The molecule has 2 aromatic heterocycles. The number of rotatable bonds is 4. The lowest BCUT2D eigenvalue weighted by Gasteiger charge is -2.64. The van der Waals surface area contributed by atoms with Crippen LogP contribution in [0.3, 0.4) is 0 Å². The quantitative estimate of drug-likeness (QED) is 0.592. The van der Waals surface area contributed by atoms with Crippen molar-refractivity contribution in [3.8, 4) is 0 Å². The van der Waals surface area contributed by atoms with Crippen molar-refractivity contribution in [3.63, 3.8) is 0 Å². The Kier molecular flexibility index (Phi) is 4.28. The summed E-state index contributed by atoms with van der Waals surface area (Å²) in [5.41, 5.74) is 2.32. The van der Waals surface area contributed by atoms with E-state index in [0.29, 0.717) is 24.2 Å². The fourth-order valence-electron chi connectivity index (χ4n) is 8.22. The van der Waals surface area contributed by atoms with Gasteiger partial charge in [0, 0.05) is 31.1 Å². The average molecular weight is 441 g/mol. The molecule has 33 heavy (non-hydrogen) atoms. The van der Waals surface area contributed by atoms with Gasteiger partial charge in [-0.3, -0.25) is 9.20 Å². The van der Waals surface area contributed by atoms with Gasteiger partial charge in [0.15, 0.2) is 5.65 Å². The zero-order valence-corrected chi connectivity index (χ0v) is 19.3. The number of amides is 1. The molecule has 4 aliphatic carbocycles. The molecule has 0 atom stereocenters. The number of carbonyl (C=O) groups excluding carboxylic acids is 1. The lowest BCUT2D eigenvalue weighted by Crippen LogP contribution is -2.60. The third-order valence-corrected chi connectivity index (χ3v) is 9.99. The third-order valence-electron chi connectivity index (χ3n) is 9.99.